The van der Waals surface area contributed by atoms with Gasteiger partial charge in [-0.15, -0.1) is 0 Å². The van der Waals surface area contributed by atoms with Crippen LogP contribution in [0.2, 0.25) is 0 Å². The fourth-order valence-corrected chi connectivity index (χ4v) is 2.20. The molecule has 0 saturated heterocycles. The number of benzene rings is 1. The van der Waals surface area contributed by atoms with E-state index in [-0.39, 0.29) is 6.04 Å². The van der Waals surface area contributed by atoms with E-state index in [1.165, 1.54) is 6.33 Å². The zero-order chi connectivity index (χ0) is 13.9. The molecule has 2 aromatic heterocycles. The molecule has 2 heterocycles. The molecule has 1 N–H and O–H groups in total. The van der Waals surface area contributed by atoms with Gasteiger partial charge in [0.05, 0.1) is 12.8 Å². The first-order valence-corrected chi connectivity index (χ1v) is 6.33. The van der Waals surface area contributed by atoms with E-state index in [0.717, 1.165) is 22.4 Å². The number of nitrogens with one attached hydrogen (secondary N) is 1. The average Bonchev–Trinajstić information content (AvgIpc) is 2.91. The van der Waals surface area contributed by atoms with Gasteiger partial charge in [0.1, 0.15) is 23.7 Å². The van der Waals surface area contributed by atoms with Crippen molar-refractivity contribution in [3.63, 3.8) is 0 Å². The molecule has 0 aliphatic carbocycles. The van der Waals surface area contributed by atoms with E-state index >= 15 is 0 Å². The van der Waals surface area contributed by atoms with Gasteiger partial charge >= 0.3 is 0 Å². The third-order valence-electron chi connectivity index (χ3n) is 3.19. The minimum absolute atomic E-state index is 0.140. The van der Waals surface area contributed by atoms with E-state index in [2.05, 4.69) is 15.3 Å². The molecule has 1 atom stereocenters. The summed E-state index contributed by atoms with van der Waals surface area (Å²) in [5.74, 6) is 1.35. The van der Waals surface area contributed by atoms with Gasteiger partial charge in [-0.3, -0.25) is 0 Å². The van der Waals surface area contributed by atoms with Crippen LogP contribution in [0.25, 0.3) is 11.0 Å². The third-order valence-corrected chi connectivity index (χ3v) is 3.19. The molecule has 0 bridgehead atoms. The van der Waals surface area contributed by atoms with Gasteiger partial charge in [-0.05, 0) is 19.2 Å². The normalized spacial score (nSPS) is 12.5. The van der Waals surface area contributed by atoms with Crippen LogP contribution in [0.3, 0.4) is 0 Å². The van der Waals surface area contributed by atoms with Crippen molar-refractivity contribution in [3.8, 4) is 5.88 Å². The Kier molecular flexibility index (Phi) is 3.35. The highest BCUT2D eigenvalue weighted by Gasteiger charge is 2.18. The summed E-state index contributed by atoms with van der Waals surface area (Å²) < 4.78 is 11.0. The van der Waals surface area contributed by atoms with Crippen molar-refractivity contribution in [1.29, 1.82) is 0 Å². The van der Waals surface area contributed by atoms with Crippen LogP contribution in [0.15, 0.2) is 47.1 Å². The van der Waals surface area contributed by atoms with Gasteiger partial charge in [0.2, 0.25) is 5.88 Å². The van der Waals surface area contributed by atoms with E-state index < -0.39 is 0 Å². The molecule has 0 aliphatic rings. The second kappa shape index (κ2) is 5.30. The molecule has 5 heteroatoms. The molecule has 3 aromatic rings. The molecule has 1 unspecified atom stereocenters. The Bertz CT molecular complexity index is 691. The number of rotatable bonds is 4. The fraction of sp³-hybridized carbons (Fsp3) is 0.200. The molecule has 102 valence electrons. The van der Waals surface area contributed by atoms with Crippen molar-refractivity contribution in [2.45, 2.75) is 6.04 Å². The predicted molar refractivity (Wildman–Crippen MR) is 75.7 cm³/mol. The molecular weight excluding hydrogens is 254 g/mol. The largest absolute Gasteiger partial charge is 0.481 e. The zero-order valence-corrected chi connectivity index (χ0v) is 11.3. The number of hydrogen-bond acceptors (Lipinski definition) is 5. The van der Waals surface area contributed by atoms with Crippen molar-refractivity contribution in [3.05, 3.63) is 54.2 Å². The van der Waals surface area contributed by atoms with Gasteiger partial charge in [-0.2, -0.15) is 0 Å². The number of methoxy groups -OCH3 is 1. The van der Waals surface area contributed by atoms with Gasteiger partial charge in [-0.1, -0.05) is 18.2 Å². The number of ether oxygens (including phenoxy) is 1. The van der Waals surface area contributed by atoms with Crippen LogP contribution < -0.4 is 10.1 Å². The molecule has 0 amide bonds. The smallest absolute Gasteiger partial charge is 0.216 e. The van der Waals surface area contributed by atoms with E-state index in [1.807, 2.05) is 37.4 Å². The first kappa shape index (κ1) is 12.6. The summed E-state index contributed by atoms with van der Waals surface area (Å²) >= 11 is 0. The maximum Gasteiger partial charge on any atom is 0.216 e. The number of nitrogens with zero attached hydrogens (tertiary/aromatic N) is 2. The molecule has 5 nitrogen and oxygen atoms in total. The average molecular weight is 269 g/mol. The standard InChI is InChI=1S/C15H15N3O2/c1-16-15(11-8-14(19-2)18-9-17-11)13-7-10-5-3-4-6-12(10)20-13/h3-9,15-16H,1-2H3. The van der Waals surface area contributed by atoms with Gasteiger partial charge in [0, 0.05) is 11.5 Å². The molecule has 0 fully saturated rings. The van der Waals surface area contributed by atoms with E-state index in [9.17, 15) is 0 Å². The van der Waals surface area contributed by atoms with Crippen LogP contribution in [0, 0.1) is 0 Å². The molecule has 0 spiro atoms. The van der Waals surface area contributed by atoms with Crippen LogP contribution in [0.4, 0.5) is 0 Å². The molecule has 0 radical (unpaired) electrons. The van der Waals surface area contributed by atoms with Crippen molar-refractivity contribution < 1.29 is 9.15 Å². The quantitative estimate of drug-likeness (QED) is 0.788. The number of hydrogen-bond donors (Lipinski definition) is 1. The van der Waals surface area contributed by atoms with Crippen LogP contribution in [0.5, 0.6) is 5.88 Å². The monoisotopic (exact) mass is 269 g/mol. The lowest BCUT2D eigenvalue weighted by atomic mass is 10.1. The van der Waals surface area contributed by atoms with Gasteiger partial charge in [-0.25, -0.2) is 9.97 Å². The number of fused-ring (bicyclic) bond motifs is 1. The Morgan fingerprint density at radius 3 is 2.80 bits per heavy atom. The van der Waals surface area contributed by atoms with Crippen molar-refractivity contribution in [1.82, 2.24) is 15.3 Å². The summed E-state index contributed by atoms with van der Waals surface area (Å²) in [6, 6.07) is 11.6. The number of aromatic nitrogens is 2. The highest BCUT2D eigenvalue weighted by molar-refractivity contribution is 5.77. The van der Waals surface area contributed by atoms with Crippen LogP contribution in [0.1, 0.15) is 17.5 Å². The maximum atomic E-state index is 5.89. The first-order valence-electron chi connectivity index (χ1n) is 6.33. The summed E-state index contributed by atoms with van der Waals surface area (Å²) in [6.45, 7) is 0. The Labute approximate surface area is 116 Å². The lowest BCUT2D eigenvalue weighted by Crippen LogP contribution is -2.18. The summed E-state index contributed by atoms with van der Waals surface area (Å²) in [5, 5.41) is 4.28. The number of furan rings is 1. The van der Waals surface area contributed by atoms with E-state index in [0.29, 0.717) is 5.88 Å². The van der Waals surface area contributed by atoms with Crippen molar-refractivity contribution >= 4 is 11.0 Å². The Hall–Kier alpha value is -2.40. The minimum Gasteiger partial charge on any atom is -0.481 e. The molecular formula is C15H15N3O2. The summed E-state index contributed by atoms with van der Waals surface area (Å²) in [7, 11) is 3.45. The summed E-state index contributed by atoms with van der Waals surface area (Å²) in [6.07, 6.45) is 1.49. The minimum atomic E-state index is -0.140. The van der Waals surface area contributed by atoms with E-state index in [1.54, 1.807) is 13.2 Å². The first-order chi connectivity index (χ1) is 9.81. The van der Waals surface area contributed by atoms with Crippen LogP contribution in [-0.4, -0.2) is 24.1 Å². The topological polar surface area (TPSA) is 60.2 Å². The molecule has 20 heavy (non-hydrogen) atoms. The highest BCUT2D eigenvalue weighted by atomic mass is 16.5. The maximum absolute atomic E-state index is 5.89. The molecule has 0 saturated carbocycles. The highest BCUT2D eigenvalue weighted by Crippen LogP contribution is 2.27. The Morgan fingerprint density at radius 1 is 1.20 bits per heavy atom. The summed E-state index contributed by atoms with van der Waals surface area (Å²) in [5.41, 5.74) is 1.67. The second-order valence-corrected chi connectivity index (χ2v) is 4.39. The van der Waals surface area contributed by atoms with Crippen LogP contribution in [-0.2, 0) is 0 Å². The van der Waals surface area contributed by atoms with Crippen molar-refractivity contribution in [2.75, 3.05) is 14.2 Å². The lowest BCUT2D eigenvalue weighted by molar-refractivity contribution is 0.394. The summed E-state index contributed by atoms with van der Waals surface area (Å²) in [4.78, 5) is 8.31. The zero-order valence-electron chi connectivity index (χ0n) is 11.3. The SMILES string of the molecule is CNC(c1cc(OC)ncn1)c1cc2ccccc2o1. The molecule has 3 rings (SSSR count). The molecule has 1 aromatic carbocycles. The van der Waals surface area contributed by atoms with E-state index in [4.69, 9.17) is 9.15 Å². The Balaban J connectivity index is 2.03. The van der Waals surface area contributed by atoms with Crippen LogP contribution >= 0.6 is 0 Å². The lowest BCUT2D eigenvalue weighted by Gasteiger charge is -2.13. The number of para-hydroxylation sites is 1. The van der Waals surface area contributed by atoms with Gasteiger partial charge < -0.3 is 14.5 Å². The molecule has 0 aliphatic heterocycles. The Morgan fingerprint density at radius 2 is 2.05 bits per heavy atom. The van der Waals surface area contributed by atoms with Gasteiger partial charge in [0.25, 0.3) is 0 Å². The van der Waals surface area contributed by atoms with Crippen molar-refractivity contribution in [2.24, 2.45) is 0 Å². The second-order valence-electron chi connectivity index (χ2n) is 4.39. The predicted octanol–water partition coefficient (Wildman–Crippen LogP) is 2.54. The third kappa shape index (κ3) is 2.23. The van der Waals surface area contributed by atoms with Gasteiger partial charge in [0.15, 0.2) is 0 Å². The fourth-order valence-electron chi connectivity index (χ4n) is 2.20.